The molecule has 24 heteroatoms. The summed E-state index contributed by atoms with van der Waals surface area (Å²) in [6, 6.07) is 5.82. The molecule has 20 unspecified atom stereocenters. The zero-order chi connectivity index (χ0) is 46.6. The Hall–Kier alpha value is -4.03. The molecular formula is C40H52O24. The van der Waals surface area contributed by atoms with Crippen LogP contribution in [-0.4, -0.2) is 203 Å². The fourth-order valence-electron chi connectivity index (χ4n) is 7.71. The lowest BCUT2D eigenvalue weighted by Gasteiger charge is -2.46. The molecule has 0 saturated carbocycles. The Morgan fingerprint density at radius 3 is 1.75 bits per heavy atom. The minimum Gasteiger partial charge on any atom is -0.507 e. The smallest absolute Gasteiger partial charge is 0.239 e. The van der Waals surface area contributed by atoms with Crippen LogP contribution in [0.5, 0.6) is 28.7 Å². The van der Waals surface area contributed by atoms with Crippen molar-refractivity contribution in [3.05, 3.63) is 40.6 Å². The highest BCUT2D eigenvalue weighted by Gasteiger charge is 2.51. The van der Waals surface area contributed by atoms with E-state index in [-0.39, 0.29) is 28.4 Å². The molecule has 356 valence electrons. The number of ether oxygens (including phenoxy) is 9. The Bertz CT molecular complexity index is 2150. The highest BCUT2D eigenvalue weighted by Crippen LogP contribution is 2.41. The van der Waals surface area contributed by atoms with Crippen LogP contribution in [0.4, 0.5) is 0 Å². The van der Waals surface area contributed by atoms with Crippen LogP contribution in [0.1, 0.15) is 20.8 Å². The summed E-state index contributed by atoms with van der Waals surface area (Å²) < 4.78 is 57.0. The monoisotopic (exact) mass is 916 g/mol. The molecule has 0 amide bonds. The van der Waals surface area contributed by atoms with Gasteiger partial charge in [-0.05, 0) is 39.0 Å². The maximum atomic E-state index is 14.4. The second-order valence-electron chi connectivity index (χ2n) is 16.0. The lowest BCUT2D eigenvalue weighted by atomic mass is 9.97. The van der Waals surface area contributed by atoms with Gasteiger partial charge < -0.3 is 113 Å². The van der Waals surface area contributed by atoms with E-state index in [1.54, 1.807) is 0 Å². The fraction of sp³-hybridized carbons (Fsp3) is 0.625. The summed E-state index contributed by atoms with van der Waals surface area (Å²) >= 11 is 0. The average molecular weight is 917 g/mol. The lowest BCUT2D eigenvalue weighted by Crippen LogP contribution is -2.64. The fourth-order valence-corrected chi connectivity index (χ4v) is 7.71. The van der Waals surface area contributed by atoms with Gasteiger partial charge in [0.15, 0.2) is 29.8 Å². The van der Waals surface area contributed by atoms with Gasteiger partial charge in [-0.3, -0.25) is 4.79 Å². The highest BCUT2D eigenvalue weighted by molar-refractivity contribution is 5.88. The van der Waals surface area contributed by atoms with Crippen LogP contribution in [0.25, 0.3) is 22.3 Å². The quantitative estimate of drug-likeness (QED) is 0.0871. The van der Waals surface area contributed by atoms with Crippen molar-refractivity contribution in [2.75, 3.05) is 13.7 Å². The first-order chi connectivity index (χ1) is 30.2. The molecule has 20 atom stereocenters. The summed E-state index contributed by atoms with van der Waals surface area (Å²) in [5.41, 5.74) is -1.43. The van der Waals surface area contributed by atoms with Gasteiger partial charge in [0.05, 0.1) is 32.0 Å². The van der Waals surface area contributed by atoms with Gasteiger partial charge in [0.2, 0.25) is 23.8 Å². The summed E-state index contributed by atoms with van der Waals surface area (Å²) in [6.45, 7) is 3.46. The third kappa shape index (κ3) is 9.08. The van der Waals surface area contributed by atoms with Crippen molar-refractivity contribution < 1.29 is 113 Å². The van der Waals surface area contributed by atoms with E-state index in [0.717, 1.165) is 12.1 Å². The molecule has 24 nitrogen and oxygen atoms in total. The highest BCUT2D eigenvalue weighted by atomic mass is 16.8. The van der Waals surface area contributed by atoms with Gasteiger partial charge in [0.25, 0.3) is 0 Å². The number of phenolic OH excluding ortho intramolecular Hbond substituents is 2. The predicted octanol–water partition coefficient (Wildman–Crippen LogP) is -4.03. The van der Waals surface area contributed by atoms with E-state index >= 15 is 0 Å². The summed E-state index contributed by atoms with van der Waals surface area (Å²) in [5, 5.41) is 137. The maximum absolute atomic E-state index is 14.4. The van der Waals surface area contributed by atoms with Gasteiger partial charge >= 0.3 is 0 Å². The SMILES string of the molecule is COc1cc(-c2oc3cc(OC4OC(C)C(O)C(O)C4O)cc(O)c3c(=O)c2OC2OC(COC3OC(C)C(O)C(O)C3OC3OC(C)C(O)C(O)C3O)C(O)C(O)C2O)ccc1O. The molecule has 0 bridgehead atoms. The Morgan fingerprint density at radius 2 is 1.12 bits per heavy atom. The molecule has 4 fully saturated rings. The molecule has 0 spiro atoms. The average Bonchev–Trinajstić information content (AvgIpc) is 3.26. The molecule has 0 aliphatic carbocycles. The standard InChI is InChI=1S/C40H52O24/c1-11-22(43)27(48)31(52)37(57-11)60-15-8-17(42)21-19(9-15)61-34(14-5-6-16(41)18(7-14)55-4)35(26(21)47)63-39-33(54)29(50)25(46)20(62-39)10-56-40-36(30(51)24(45)13(3)59-40)64-38-32(53)28(49)23(44)12(2)58-38/h5-9,11-13,20,22-25,27-33,36-46,48-54H,10H2,1-4H3. The molecule has 4 aliphatic heterocycles. The summed E-state index contributed by atoms with van der Waals surface area (Å²) in [4.78, 5) is 14.4. The van der Waals surface area contributed by atoms with Crippen molar-refractivity contribution in [1.82, 2.24) is 0 Å². The Kier molecular flexibility index (Phi) is 14.3. The van der Waals surface area contributed by atoms with Crippen LogP contribution in [0, 0.1) is 0 Å². The number of aliphatic hydroxyl groups is 11. The van der Waals surface area contributed by atoms with Crippen LogP contribution in [0.2, 0.25) is 0 Å². The van der Waals surface area contributed by atoms with Crippen LogP contribution < -0.4 is 19.6 Å². The first-order valence-corrected chi connectivity index (χ1v) is 20.1. The van der Waals surface area contributed by atoms with E-state index in [1.807, 2.05) is 0 Å². The molecule has 4 aliphatic rings. The predicted molar refractivity (Wildman–Crippen MR) is 208 cm³/mol. The topological polar surface area (TPSA) is 376 Å². The Balaban J connectivity index is 1.18. The molecule has 4 saturated heterocycles. The Morgan fingerprint density at radius 1 is 0.578 bits per heavy atom. The summed E-state index contributed by atoms with van der Waals surface area (Å²) in [5.74, 6) is -2.57. The van der Waals surface area contributed by atoms with Crippen LogP contribution in [0.3, 0.4) is 0 Å². The molecule has 5 heterocycles. The van der Waals surface area contributed by atoms with Crippen molar-refractivity contribution in [3.63, 3.8) is 0 Å². The van der Waals surface area contributed by atoms with Crippen molar-refractivity contribution in [2.24, 2.45) is 0 Å². The zero-order valence-corrected chi connectivity index (χ0v) is 34.4. The minimum atomic E-state index is -2.08. The van der Waals surface area contributed by atoms with Gasteiger partial charge in [0.1, 0.15) is 102 Å². The molecule has 7 rings (SSSR count). The van der Waals surface area contributed by atoms with Gasteiger partial charge in [-0.1, -0.05) is 0 Å². The molecule has 3 aromatic rings. The van der Waals surface area contributed by atoms with Crippen LogP contribution in [-0.2, 0) is 28.4 Å². The van der Waals surface area contributed by atoms with Crippen molar-refractivity contribution >= 4 is 11.0 Å². The normalized spacial score (nSPS) is 40.5. The number of aliphatic hydroxyl groups excluding tert-OH is 11. The van der Waals surface area contributed by atoms with Crippen LogP contribution in [0.15, 0.2) is 39.5 Å². The summed E-state index contributed by atoms with van der Waals surface area (Å²) in [6.07, 6.45) is -32.5. The van der Waals surface area contributed by atoms with E-state index in [4.69, 9.17) is 47.0 Å². The number of aromatic hydroxyl groups is 2. The number of hydrogen-bond donors (Lipinski definition) is 13. The van der Waals surface area contributed by atoms with Crippen molar-refractivity contribution in [3.8, 4) is 40.1 Å². The molecule has 0 radical (unpaired) electrons. The second kappa shape index (κ2) is 19.1. The number of fused-ring (bicyclic) bond motifs is 1. The number of benzene rings is 2. The van der Waals surface area contributed by atoms with E-state index in [1.165, 1.54) is 46.1 Å². The third-order valence-electron chi connectivity index (χ3n) is 11.6. The van der Waals surface area contributed by atoms with E-state index in [9.17, 15) is 71.2 Å². The van der Waals surface area contributed by atoms with Crippen LogP contribution >= 0.6 is 0 Å². The first kappa shape index (κ1) is 47.9. The van der Waals surface area contributed by atoms with E-state index < -0.39 is 158 Å². The molecule has 13 N–H and O–H groups in total. The van der Waals surface area contributed by atoms with E-state index in [0.29, 0.717) is 0 Å². The maximum Gasteiger partial charge on any atom is 0.239 e. The molecule has 64 heavy (non-hydrogen) atoms. The first-order valence-electron chi connectivity index (χ1n) is 20.1. The van der Waals surface area contributed by atoms with Gasteiger partial charge in [-0.15, -0.1) is 0 Å². The molecule has 2 aromatic carbocycles. The zero-order valence-electron chi connectivity index (χ0n) is 34.4. The number of phenols is 2. The minimum absolute atomic E-state index is 0.0102. The molecular weight excluding hydrogens is 864 g/mol. The summed E-state index contributed by atoms with van der Waals surface area (Å²) in [7, 11) is 1.24. The number of methoxy groups -OCH3 is 1. The van der Waals surface area contributed by atoms with E-state index in [2.05, 4.69) is 0 Å². The molecule has 1 aromatic heterocycles. The van der Waals surface area contributed by atoms with Crippen molar-refractivity contribution in [2.45, 2.75) is 144 Å². The number of hydrogen-bond acceptors (Lipinski definition) is 24. The van der Waals surface area contributed by atoms with Gasteiger partial charge in [-0.25, -0.2) is 0 Å². The second-order valence-corrected chi connectivity index (χ2v) is 16.0. The Labute approximate surface area is 362 Å². The van der Waals surface area contributed by atoms with Gasteiger partial charge in [0, 0.05) is 17.7 Å². The van der Waals surface area contributed by atoms with Crippen molar-refractivity contribution in [1.29, 1.82) is 0 Å². The van der Waals surface area contributed by atoms with Gasteiger partial charge in [-0.2, -0.15) is 0 Å². The lowest BCUT2D eigenvalue weighted by molar-refractivity contribution is -0.367. The third-order valence-corrected chi connectivity index (χ3v) is 11.6. The number of rotatable bonds is 11. The largest absolute Gasteiger partial charge is 0.507 e.